The van der Waals surface area contributed by atoms with Gasteiger partial charge >= 0.3 is 0 Å². The van der Waals surface area contributed by atoms with Crippen LogP contribution in [0.25, 0.3) is 0 Å². The fourth-order valence-corrected chi connectivity index (χ4v) is 0.603. The van der Waals surface area contributed by atoms with Gasteiger partial charge in [0.25, 0.3) is 0 Å². The Morgan fingerprint density at radius 3 is 2.42 bits per heavy atom. The summed E-state index contributed by atoms with van der Waals surface area (Å²) < 4.78 is 0. The smallest absolute Gasteiger partial charge is 0.234 e. The molecule has 0 fully saturated rings. The molecule has 4 heteroatoms. The summed E-state index contributed by atoms with van der Waals surface area (Å²) in [6, 6.07) is 0. The van der Waals surface area contributed by atoms with Crippen LogP contribution in [0.4, 0.5) is 0 Å². The van der Waals surface area contributed by atoms with Gasteiger partial charge < -0.3 is 15.7 Å². The molecule has 0 aromatic heterocycles. The average Bonchev–Trinajstić information content (AvgIpc) is 1.95. The van der Waals surface area contributed by atoms with Crippen LogP contribution in [-0.2, 0) is 4.79 Å². The molecule has 0 aliphatic rings. The number of aliphatic hydroxyl groups is 1. The van der Waals surface area contributed by atoms with E-state index >= 15 is 0 Å². The number of carbonyl (C=O) groups is 1. The molecule has 0 aromatic carbocycles. The standard InChI is InChI=1S/C8H18N2O2/c1-8(2,3)10-6-7(12)9-4-5-11/h10-11H,4-6H2,1-3H3,(H,9,12). The third-order valence-electron chi connectivity index (χ3n) is 1.21. The zero-order valence-corrected chi connectivity index (χ0v) is 7.98. The lowest BCUT2D eigenvalue weighted by atomic mass is 10.1. The number of rotatable bonds is 4. The highest BCUT2D eigenvalue weighted by atomic mass is 16.3. The Morgan fingerprint density at radius 1 is 1.42 bits per heavy atom. The van der Waals surface area contributed by atoms with Gasteiger partial charge in [0.05, 0.1) is 13.2 Å². The summed E-state index contributed by atoms with van der Waals surface area (Å²) in [5, 5.41) is 14.0. The molecule has 0 radical (unpaired) electrons. The van der Waals surface area contributed by atoms with Gasteiger partial charge in [-0.2, -0.15) is 0 Å². The SMILES string of the molecule is CC(C)(C)NCC(=O)NCCO. The Balaban J connectivity index is 3.44. The van der Waals surface area contributed by atoms with Gasteiger partial charge in [0.15, 0.2) is 0 Å². The van der Waals surface area contributed by atoms with E-state index in [0.717, 1.165) is 0 Å². The molecular weight excluding hydrogens is 156 g/mol. The molecule has 0 atom stereocenters. The van der Waals surface area contributed by atoms with E-state index in [2.05, 4.69) is 10.6 Å². The Bertz CT molecular complexity index is 140. The minimum Gasteiger partial charge on any atom is -0.395 e. The number of amides is 1. The fourth-order valence-electron chi connectivity index (χ4n) is 0.603. The summed E-state index contributed by atoms with van der Waals surface area (Å²) in [6.07, 6.45) is 0. The van der Waals surface area contributed by atoms with Gasteiger partial charge in [-0.3, -0.25) is 4.79 Å². The summed E-state index contributed by atoms with van der Waals surface area (Å²) >= 11 is 0. The highest BCUT2D eigenvalue weighted by Gasteiger charge is 2.10. The largest absolute Gasteiger partial charge is 0.395 e. The molecule has 0 heterocycles. The molecule has 72 valence electrons. The van der Waals surface area contributed by atoms with Crippen molar-refractivity contribution >= 4 is 5.91 Å². The summed E-state index contributed by atoms with van der Waals surface area (Å²) in [4.78, 5) is 11.0. The molecule has 12 heavy (non-hydrogen) atoms. The average molecular weight is 174 g/mol. The zero-order chi connectivity index (χ0) is 9.61. The van der Waals surface area contributed by atoms with Gasteiger partial charge in [0.1, 0.15) is 0 Å². The second kappa shape index (κ2) is 5.11. The van der Waals surface area contributed by atoms with Gasteiger partial charge in [-0.15, -0.1) is 0 Å². The van der Waals surface area contributed by atoms with E-state index in [-0.39, 0.29) is 18.1 Å². The van der Waals surface area contributed by atoms with Gasteiger partial charge in [-0.05, 0) is 20.8 Å². The minimum atomic E-state index is -0.0843. The normalized spacial score (nSPS) is 11.3. The topological polar surface area (TPSA) is 61.4 Å². The van der Waals surface area contributed by atoms with E-state index in [0.29, 0.717) is 13.1 Å². The fraction of sp³-hybridized carbons (Fsp3) is 0.875. The van der Waals surface area contributed by atoms with Gasteiger partial charge in [0.2, 0.25) is 5.91 Å². The van der Waals surface area contributed by atoms with Crippen LogP contribution in [0.15, 0.2) is 0 Å². The lowest BCUT2D eigenvalue weighted by molar-refractivity contribution is -0.120. The van der Waals surface area contributed by atoms with Crippen molar-refractivity contribution in [1.29, 1.82) is 0 Å². The first-order chi connectivity index (χ1) is 5.45. The van der Waals surface area contributed by atoms with Crippen LogP contribution in [0.3, 0.4) is 0 Å². The van der Waals surface area contributed by atoms with E-state index in [1.165, 1.54) is 0 Å². The summed E-state index contributed by atoms with van der Waals surface area (Å²) in [5.74, 6) is -0.0843. The van der Waals surface area contributed by atoms with Crippen LogP contribution in [-0.4, -0.2) is 36.2 Å². The van der Waals surface area contributed by atoms with Crippen LogP contribution in [0.2, 0.25) is 0 Å². The number of carbonyl (C=O) groups excluding carboxylic acids is 1. The first-order valence-corrected chi connectivity index (χ1v) is 4.08. The molecule has 3 N–H and O–H groups in total. The maximum atomic E-state index is 11.0. The summed E-state index contributed by atoms with van der Waals surface area (Å²) in [7, 11) is 0. The van der Waals surface area contributed by atoms with Crippen molar-refractivity contribution in [2.24, 2.45) is 0 Å². The molecule has 0 spiro atoms. The lowest BCUT2D eigenvalue weighted by Gasteiger charge is -2.19. The van der Waals surface area contributed by atoms with Gasteiger partial charge in [-0.25, -0.2) is 0 Å². The number of aliphatic hydroxyl groups excluding tert-OH is 1. The molecule has 0 aromatic rings. The van der Waals surface area contributed by atoms with E-state index in [1.54, 1.807) is 0 Å². The van der Waals surface area contributed by atoms with E-state index < -0.39 is 0 Å². The van der Waals surface area contributed by atoms with E-state index in [4.69, 9.17) is 5.11 Å². The Kier molecular flexibility index (Phi) is 4.85. The number of hydrogen-bond acceptors (Lipinski definition) is 3. The first-order valence-electron chi connectivity index (χ1n) is 4.08. The van der Waals surface area contributed by atoms with Gasteiger partial charge in [0, 0.05) is 12.1 Å². The quantitative estimate of drug-likeness (QED) is 0.537. The highest BCUT2D eigenvalue weighted by molar-refractivity contribution is 5.78. The highest BCUT2D eigenvalue weighted by Crippen LogP contribution is 1.96. The van der Waals surface area contributed by atoms with Crippen LogP contribution in [0.1, 0.15) is 20.8 Å². The minimum absolute atomic E-state index is 0.0126. The Hall–Kier alpha value is -0.610. The van der Waals surface area contributed by atoms with Crippen LogP contribution in [0, 0.1) is 0 Å². The van der Waals surface area contributed by atoms with Crippen molar-refractivity contribution in [2.45, 2.75) is 26.3 Å². The van der Waals surface area contributed by atoms with Crippen LogP contribution >= 0.6 is 0 Å². The number of hydrogen-bond donors (Lipinski definition) is 3. The zero-order valence-electron chi connectivity index (χ0n) is 7.98. The molecule has 4 nitrogen and oxygen atoms in total. The van der Waals surface area contributed by atoms with E-state index in [1.807, 2.05) is 20.8 Å². The van der Waals surface area contributed by atoms with E-state index in [9.17, 15) is 4.79 Å². The molecule has 0 saturated carbocycles. The van der Waals surface area contributed by atoms with Crippen molar-refractivity contribution in [1.82, 2.24) is 10.6 Å². The Labute approximate surface area is 73.3 Å². The number of nitrogens with one attached hydrogen (secondary N) is 2. The maximum absolute atomic E-state index is 11.0. The summed E-state index contributed by atoms with van der Waals surface area (Å²) in [5.41, 5.74) is -0.0451. The van der Waals surface area contributed by atoms with Crippen molar-refractivity contribution < 1.29 is 9.90 Å². The molecule has 0 aliphatic heterocycles. The van der Waals surface area contributed by atoms with Crippen molar-refractivity contribution in [3.05, 3.63) is 0 Å². The van der Waals surface area contributed by atoms with Crippen LogP contribution in [0.5, 0.6) is 0 Å². The monoisotopic (exact) mass is 174 g/mol. The third kappa shape index (κ3) is 7.50. The Morgan fingerprint density at radius 2 is 2.00 bits per heavy atom. The van der Waals surface area contributed by atoms with Crippen LogP contribution < -0.4 is 10.6 Å². The van der Waals surface area contributed by atoms with Gasteiger partial charge in [-0.1, -0.05) is 0 Å². The van der Waals surface area contributed by atoms with Crippen molar-refractivity contribution in [3.63, 3.8) is 0 Å². The van der Waals surface area contributed by atoms with Crippen molar-refractivity contribution in [3.8, 4) is 0 Å². The molecule has 0 bridgehead atoms. The predicted octanol–water partition coefficient (Wildman–Crippen LogP) is -0.517. The molecule has 1 amide bonds. The lowest BCUT2D eigenvalue weighted by Crippen LogP contribution is -2.43. The third-order valence-corrected chi connectivity index (χ3v) is 1.21. The second-order valence-electron chi connectivity index (χ2n) is 3.68. The first kappa shape index (κ1) is 11.4. The van der Waals surface area contributed by atoms with Crippen molar-refractivity contribution in [2.75, 3.05) is 19.7 Å². The predicted molar refractivity (Wildman–Crippen MR) is 47.9 cm³/mol. The summed E-state index contributed by atoms with van der Waals surface area (Å²) in [6.45, 7) is 6.58. The molecule has 0 saturated heterocycles. The molecule has 0 rings (SSSR count). The molecule has 0 aliphatic carbocycles. The second-order valence-corrected chi connectivity index (χ2v) is 3.68. The molecule has 0 unspecified atom stereocenters. The maximum Gasteiger partial charge on any atom is 0.234 e. The molecular formula is C8H18N2O2.